The number of anilines is 1. The molecular weight excluding hydrogens is 410 g/mol. The van der Waals surface area contributed by atoms with Crippen LogP contribution in [0.5, 0.6) is 0 Å². The van der Waals surface area contributed by atoms with E-state index in [1.807, 2.05) is 6.92 Å². The number of rotatable bonds is 7. The van der Waals surface area contributed by atoms with Gasteiger partial charge in [-0.2, -0.15) is 5.10 Å². The molecule has 7 nitrogen and oxygen atoms in total. The zero-order chi connectivity index (χ0) is 21.1. The van der Waals surface area contributed by atoms with E-state index in [1.165, 1.54) is 11.8 Å². The fourth-order valence-corrected chi connectivity index (χ4v) is 3.90. The van der Waals surface area contributed by atoms with E-state index in [0.29, 0.717) is 39.4 Å². The highest BCUT2D eigenvalue weighted by atomic mass is 35.5. The van der Waals surface area contributed by atoms with Gasteiger partial charge in [-0.1, -0.05) is 37.2 Å². The lowest BCUT2D eigenvalue weighted by molar-refractivity contribution is -0.113. The van der Waals surface area contributed by atoms with Gasteiger partial charge in [0.05, 0.1) is 22.3 Å². The first-order chi connectivity index (χ1) is 13.7. The molecule has 2 aromatic heterocycles. The number of nitrogens with one attached hydrogen (secondary N) is 1. The molecule has 0 bridgehead atoms. The number of hydrogen-bond donors (Lipinski definition) is 1. The monoisotopic (exact) mass is 433 g/mol. The number of benzene rings is 1. The molecule has 0 aliphatic carbocycles. The average molecular weight is 434 g/mol. The summed E-state index contributed by atoms with van der Waals surface area (Å²) >= 11 is 7.31. The number of aromatic nitrogens is 4. The Balaban J connectivity index is 1.85. The van der Waals surface area contributed by atoms with Crippen molar-refractivity contribution in [1.29, 1.82) is 0 Å². The number of carbonyl (C=O) groups excluding carboxylic acids is 1. The summed E-state index contributed by atoms with van der Waals surface area (Å²) in [6.07, 6.45) is 0.842. The highest BCUT2D eigenvalue weighted by molar-refractivity contribution is 7.99. The molecule has 1 N–H and O–H groups in total. The molecule has 0 fully saturated rings. The van der Waals surface area contributed by atoms with Crippen LogP contribution < -0.4 is 10.9 Å². The predicted molar refractivity (Wildman–Crippen MR) is 118 cm³/mol. The van der Waals surface area contributed by atoms with Crippen LogP contribution in [0, 0.1) is 12.8 Å². The Kier molecular flexibility index (Phi) is 6.64. The van der Waals surface area contributed by atoms with Gasteiger partial charge in [0.2, 0.25) is 5.91 Å². The lowest BCUT2D eigenvalue weighted by atomic mass is 10.1. The predicted octanol–water partition coefficient (Wildman–Crippen LogP) is 3.87. The first-order valence-corrected chi connectivity index (χ1v) is 10.7. The van der Waals surface area contributed by atoms with Crippen molar-refractivity contribution in [3.05, 3.63) is 45.3 Å². The molecule has 9 heteroatoms. The number of amides is 1. The Morgan fingerprint density at radius 1 is 1.31 bits per heavy atom. The minimum atomic E-state index is -0.186. The molecule has 0 atom stereocenters. The molecule has 3 aromatic rings. The van der Waals surface area contributed by atoms with Gasteiger partial charge in [0.25, 0.3) is 5.56 Å². The van der Waals surface area contributed by atoms with E-state index in [9.17, 15) is 9.59 Å². The normalized spacial score (nSPS) is 11.4. The fourth-order valence-electron chi connectivity index (χ4n) is 2.91. The highest BCUT2D eigenvalue weighted by Gasteiger charge is 2.15. The summed E-state index contributed by atoms with van der Waals surface area (Å²) in [6.45, 7) is 6.62. The lowest BCUT2D eigenvalue weighted by Gasteiger charge is -2.14. The first kappa shape index (κ1) is 21.4. The Hall–Kier alpha value is -2.32. The van der Waals surface area contributed by atoms with Gasteiger partial charge in [0.15, 0.2) is 5.16 Å². The standard InChI is InChI=1S/C20H24ClN5O2S/c1-12(2)7-8-26-19(28)15-6-5-14(21)10-16(15)22-20(26)29-11-18(27)23-17-9-13(3)24-25(17)4/h5-6,9-10,12H,7-8,11H2,1-4H3,(H,23,27). The second kappa shape index (κ2) is 9.00. The fraction of sp³-hybridized carbons (Fsp3) is 0.400. The second-order valence-corrected chi connectivity index (χ2v) is 8.71. The van der Waals surface area contributed by atoms with Gasteiger partial charge in [-0.25, -0.2) is 4.98 Å². The Bertz CT molecular complexity index is 1110. The molecule has 29 heavy (non-hydrogen) atoms. The zero-order valence-electron chi connectivity index (χ0n) is 16.9. The maximum Gasteiger partial charge on any atom is 0.262 e. The molecule has 3 rings (SSSR count). The Morgan fingerprint density at radius 3 is 2.72 bits per heavy atom. The van der Waals surface area contributed by atoms with Crippen LogP contribution in [0.1, 0.15) is 26.0 Å². The van der Waals surface area contributed by atoms with Gasteiger partial charge in [-0.15, -0.1) is 0 Å². The van der Waals surface area contributed by atoms with Gasteiger partial charge in [0, 0.05) is 24.7 Å². The summed E-state index contributed by atoms with van der Waals surface area (Å²) in [5.41, 5.74) is 1.25. The van der Waals surface area contributed by atoms with Crippen LogP contribution in [0.3, 0.4) is 0 Å². The van der Waals surface area contributed by atoms with Gasteiger partial charge >= 0.3 is 0 Å². The number of nitrogens with zero attached hydrogens (tertiary/aromatic N) is 4. The van der Waals surface area contributed by atoms with E-state index in [1.54, 1.807) is 40.6 Å². The molecule has 0 radical (unpaired) electrons. The zero-order valence-corrected chi connectivity index (χ0v) is 18.5. The molecule has 0 unspecified atom stereocenters. The minimum absolute atomic E-state index is 0.113. The third-order valence-electron chi connectivity index (χ3n) is 4.41. The van der Waals surface area contributed by atoms with Crippen molar-refractivity contribution < 1.29 is 4.79 Å². The summed E-state index contributed by atoms with van der Waals surface area (Å²) < 4.78 is 3.27. The largest absolute Gasteiger partial charge is 0.310 e. The summed E-state index contributed by atoms with van der Waals surface area (Å²) in [7, 11) is 1.77. The van der Waals surface area contributed by atoms with Crippen molar-refractivity contribution >= 4 is 46.0 Å². The molecule has 2 heterocycles. The van der Waals surface area contributed by atoms with Crippen LogP contribution in [-0.2, 0) is 18.4 Å². The van der Waals surface area contributed by atoms with Crippen molar-refractivity contribution in [2.45, 2.75) is 38.9 Å². The van der Waals surface area contributed by atoms with Crippen LogP contribution in [0.15, 0.2) is 34.2 Å². The smallest absolute Gasteiger partial charge is 0.262 e. The number of aryl methyl sites for hydroxylation is 2. The van der Waals surface area contributed by atoms with Crippen LogP contribution in [0.2, 0.25) is 5.02 Å². The quantitative estimate of drug-likeness (QED) is 0.451. The number of halogens is 1. The van der Waals surface area contributed by atoms with Gasteiger partial charge in [-0.05, 0) is 37.5 Å². The van der Waals surface area contributed by atoms with Gasteiger partial charge in [-0.3, -0.25) is 18.8 Å². The summed E-state index contributed by atoms with van der Waals surface area (Å²) in [5.74, 6) is 1.01. The molecule has 154 valence electrons. The first-order valence-electron chi connectivity index (χ1n) is 9.38. The second-order valence-electron chi connectivity index (χ2n) is 7.33. The molecule has 0 saturated heterocycles. The number of thioether (sulfide) groups is 1. The Morgan fingerprint density at radius 2 is 2.07 bits per heavy atom. The molecule has 1 aromatic carbocycles. The molecule has 0 aliphatic rings. The summed E-state index contributed by atoms with van der Waals surface area (Å²) in [4.78, 5) is 30.0. The van der Waals surface area contributed by atoms with Crippen molar-refractivity contribution in [2.24, 2.45) is 13.0 Å². The van der Waals surface area contributed by atoms with Crippen LogP contribution in [0.25, 0.3) is 10.9 Å². The van der Waals surface area contributed by atoms with E-state index in [-0.39, 0.29) is 17.2 Å². The number of carbonyl (C=O) groups is 1. The maximum absolute atomic E-state index is 13.0. The van der Waals surface area contributed by atoms with E-state index in [2.05, 4.69) is 29.2 Å². The molecule has 1 amide bonds. The van der Waals surface area contributed by atoms with Crippen molar-refractivity contribution in [3.63, 3.8) is 0 Å². The minimum Gasteiger partial charge on any atom is -0.310 e. The van der Waals surface area contributed by atoms with Crippen LogP contribution in [0.4, 0.5) is 5.82 Å². The third-order valence-corrected chi connectivity index (χ3v) is 5.63. The SMILES string of the molecule is Cc1cc(NC(=O)CSc2nc3cc(Cl)ccc3c(=O)n2CCC(C)C)n(C)n1. The summed E-state index contributed by atoms with van der Waals surface area (Å²) in [5, 5.41) is 8.61. The molecule has 0 aliphatic heterocycles. The number of hydrogen-bond acceptors (Lipinski definition) is 5. The Labute approximate surface area is 178 Å². The van der Waals surface area contributed by atoms with Gasteiger partial charge in [0.1, 0.15) is 5.82 Å². The highest BCUT2D eigenvalue weighted by Crippen LogP contribution is 2.21. The van der Waals surface area contributed by atoms with E-state index < -0.39 is 0 Å². The average Bonchev–Trinajstić information content (AvgIpc) is 2.95. The van der Waals surface area contributed by atoms with E-state index >= 15 is 0 Å². The van der Waals surface area contributed by atoms with Gasteiger partial charge < -0.3 is 5.32 Å². The third kappa shape index (κ3) is 5.19. The number of fused-ring (bicyclic) bond motifs is 1. The van der Waals surface area contributed by atoms with Crippen molar-refractivity contribution in [2.75, 3.05) is 11.1 Å². The van der Waals surface area contributed by atoms with E-state index in [4.69, 9.17) is 11.6 Å². The molecule has 0 spiro atoms. The summed E-state index contributed by atoms with van der Waals surface area (Å²) in [6, 6.07) is 6.87. The van der Waals surface area contributed by atoms with E-state index in [0.717, 1.165) is 12.1 Å². The van der Waals surface area contributed by atoms with Crippen LogP contribution >= 0.6 is 23.4 Å². The topological polar surface area (TPSA) is 81.8 Å². The molecule has 0 saturated carbocycles. The molecular formula is C20H24ClN5O2S. The maximum atomic E-state index is 13.0. The lowest BCUT2D eigenvalue weighted by Crippen LogP contribution is -2.25. The van der Waals surface area contributed by atoms with Crippen molar-refractivity contribution in [3.8, 4) is 0 Å². The van der Waals surface area contributed by atoms with Crippen LogP contribution in [-0.4, -0.2) is 31.0 Å². The van der Waals surface area contributed by atoms with Crippen molar-refractivity contribution in [1.82, 2.24) is 19.3 Å².